The van der Waals surface area contributed by atoms with Gasteiger partial charge in [0.05, 0.1) is 13.2 Å². The van der Waals surface area contributed by atoms with Crippen molar-refractivity contribution in [1.82, 2.24) is 4.44 Å². The Kier molecular flexibility index (Phi) is 6.55. The first-order chi connectivity index (χ1) is 9.33. The number of benzene rings is 1. The van der Waals surface area contributed by atoms with Crippen LogP contribution in [0.2, 0.25) is 0 Å². The Morgan fingerprint density at radius 3 is 1.85 bits per heavy atom. The minimum Gasteiger partial charge on any atom is -0.312 e. The van der Waals surface area contributed by atoms with Crippen molar-refractivity contribution in [2.75, 3.05) is 13.2 Å². The first-order valence-corrected chi connectivity index (χ1v) is 9.16. The van der Waals surface area contributed by atoms with Crippen molar-refractivity contribution in [2.45, 2.75) is 20.4 Å². The predicted octanol–water partition coefficient (Wildman–Crippen LogP) is 2.76. The summed E-state index contributed by atoms with van der Waals surface area (Å²) < 4.78 is 34.1. The molecule has 2 unspecified atom stereocenters. The molecule has 1 aromatic rings. The van der Waals surface area contributed by atoms with Crippen LogP contribution in [0.25, 0.3) is 0 Å². The lowest BCUT2D eigenvalue weighted by Crippen LogP contribution is -2.20. The number of nitrogens with zero attached hydrogens (tertiary/aromatic N) is 1. The summed E-state index contributed by atoms with van der Waals surface area (Å²) in [5.41, 5.74) is 0.593. The summed E-state index contributed by atoms with van der Waals surface area (Å²) >= 11 is 0. The van der Waals surface area contributed by atoms with Crippen LogP contribution in [0.1, 0.15) is 19.4 Å². The zero-order valence-corrected chi connectivity index (χ0v) is 13.2. The highest BCUT2D eigenvalue weighted by molar-refractivity contribution is 7.65. The van der Waals surface area contributed by atoms with Crippen LogP contribution < -0.4 is 0 Å². The Balaban J connectivity index is 3.08. The van der Waals surface area contributed by atoms with E-state index in [2.05, 4.69) is 0 Å². The summed E-state index contributed by atoms with van der Waals surface area (Å²) in [6.45, 7) is 2.68. The van der Waals surface area contributed by atoms with E-state index in [9.17, 15) is 18.9 Å². The van der Waals surface area contributed by atoms with Gasteiger partial charge in [0.15, 0.2) is 0 Å². The Hall–Kier alpha value is -0.520. The summed E-state index contributed by atoms with van der Waals surface area (Å²) in [6, 6.07) is 8.56. The molecule has 0 aliphatic rings. The van der Waals surface area contributed by atoms with Gasteiger partial charge < -0.3 is 9.79 Å². The van der Waals surface area contributed by atoms with Gasteiger partial charge in [-0.15, -0.1) is 4.44 Å². The van der Waals surface area contributed by atoms with Gasteiger partial charge in [-0.05, 0) is 19.4 Å². The smallest absolute Gasteiger partial charge is 0.312 e. The molecular weight excluding hydrogens is 304 g/mol. The summed E-state index contributed by atoms with van der Waals surface area (Å²) in [7, 11) is -8.85. The fourth-order valence-electron chi connectivity index (χ4n) is 1.54. The first-order valence-electron chi connectivity index (χ1n) is 6.10. The second kappa shape index (κ2) is 7.48. The third-order valence-corrected chi connectivity index (χ3v) is 6.34. The van der Waals surface area contributed by atoms with Crippen molar-refractivity contribution in [3.63, 3.8) is 0 Å². The zero-order chi connectivity index (χ0) is 15.2. The lowest BCUT2D eigenvalue weighted by molar-refractivity contribution is 0.195. The monoisotopic (exact) mass is 323 g/mol. The minimum absolute atomic E-state index is 0.0643. The van der Waals surface area contributed by atoms with E-state index in [-0.39, 0.29) is 19.8 Å². The number of rotatable bonds is 8. The van der Waals surface area contributed by atoms with E-state index in [0.29, 0.717) is 10.0 Å². The molecule has 0 fully saturated rings. The second-order valence-corrected chi connectivity index (χ2v) is 7.59. The van der Waals surface area contributed by atoms with Crippen LogP contribution in [0, 0.1) is 0 Å². The SMILES string of the molecule is CCOP(=O)(O)N(Cc1ccccc1)P(=O)(O)OCC. The maximum atomic E-state index is 12.1. The van der Waals surface area contributed by atoms with Crippen molar-refractivity contribution in [3.8, 4) is 0 Å². The summed E-state index contributed by atoms with van der Waals surface area (Å²) in [6.07, 6.45) is 0. The van der Waals surface area contributed by atoms with E-state index in [1.807, 2.05) is 0 Å². The molecule has 1 rings (SSSR count). The molecule has 0 aliphatic heterocycles. The van der Waals surface area contributed by atoms with Crippen LogP contribution in [0.15, 0.2) is 30.3 Å². The Morgan fingerprint density at radius 1 is 1.00 bits per heavy atom. The minimum atomic E-state index is -4.42. The van der Waals surface area contributed by atoms with Crippen molar-refractivity contribution in [1.29, 1.82) is 0 Å². The zero-order valence-electron chi connectivity index (χ0n) is 11.4. The molecule has 0 saturated carbocycles. The lowest BCUT2D eigenvalue weighted by Gasteiger charge is -2.28. The fourth-order valence-corrected chi connectivity index (χ4v) is 4.61. The van der Waals surface area contributed by atoms with Crippen LogP contribution in [0.5, 0.6) is 0 Å². The normalized spacial score (nSPS) is 17.6. The molecule has 9 heteroatoms. The topological polar surface area (TPSA) is 96.3 Å². The summed E-state index contributed by atoms with van der Waals surface area (Å²) in [4.78, 5) is 19.7. The van der Waals surface area contributed by atoms with Gasteiger partial charge in [0.2, 0.25) is 0 Å². The van der Waals surface area contributed by atoms with E-state index in [4.69, 9.17) is 9.05 Å². The van der Waals surface area contributed by atoms with Crippen LogP contribution in [0.4, 0.5) is 0 Å². The van der Waals surface area contributed by atoms with Gasteiger partial charge in [-0.1, -0.05) is 30.3 Å². The van der Waals surface area contributed by atoms with Gasteiger partial charge in [-0.25, -0.2) is 9.13 Å². The molecule has 7 nitrogen and oxygen atoms in total. The first kappa shape index (κ1) is 17.5. The number of hydrogen-bond acceptors (Lipinski definition) is 4. The molecule has 0 saturated heterocycles. The highest BCUT2D eigenvalue weighted by Crippen LogP contribution is 2.64. The van der Waals surface area contributed by atoms with E-state index in [1.54, 1.807) is 30.3 Å². The molecule has 2 N–H and O–H groups in total. The highest BCUT2D eigenvalue weighted by atomic mass is 31.3. The molecule has 0 heterocycles. The molecule has 0 amide bonds. The quantitative estimate of drug-likeness (QED) is 0.710. The molecule has 0 aromatic heterocycles. The van der Waals surface area contributed by atoms with Gasteiger partial charge in [0.25, 0.3) is 0 Å². The largest absolute Gasteiger partial charge is 0.415 e. The van der Waals surface area contributed by atoms with E-state index >= 15 is 0 Å². The van der Waals surface area contributed by atoms with Crippen molar-refractivity contribution >= 4 is 15.5 Å². The van der Waals surface area contributed by atoms with E-state index in [1.165, 1.54) is 13.8 Å². The van der Waals surface area contributed by atoms with Gasteiger partial charge in [0, 0.05) is 6.54 Å². The lowest BCUT2D eigenvalue weighted by atomic mass is 10.2. The van der Waals surface area contributed by atoms with Gasteiger partial charge >= 0.3 is 15.5 Å². The molecule has 0 spiro atoms. The van der Waals surface area contributed by atoms with Crippen molar-refractivity contribution < 1.29 is 28.0 Å². The maximum Gasteiger partial charge on any atom is 0.415 e. The van der Waals surface area contributed by atoms with Crippen LogP contribution in [0.3, 0.4) is 0 Å². The molecule has 1 aromatic carbocycles. The highest BCUT2D eigenvalue weighted by Gasteiger charge is 2.43. The molecule has 0 bridgehead atoms. The van der Waals surface area contributed by atoms with E-state index < -0.39 is 15.5 Å². The molecule has 0 aliphatic carbocycles. The molecular formula is C11H19NO6P2. The van der Waals surface area contributed by atoms with Crippen LogP contribution in [-0.2, 0) is 24.7 Å². The second-order valence-electron chi connectivity index (χ2n) is 3.83. The van der Waals surface area contributed by atoms with Crippen LogP contribution in [-0.4, -0.2) is 27.4 Å². The average molecular weight is 323 g/mol. The third kappa shape index (κ3) is 4.79. The average Bonchev–Trinajstić information content (AvgIpc) is 2.36. The van der Waals surface area contributed by atoms with Gasteiger partial charge in [-0.3, -0.25) is 9.05 Å². The summed E-state index contributed by atoms with van der Waals surface area (Å²) in [5, 5.41) is 0. The molecule has 0 radical (unpaired) electrons. The van der Waals surface area contributed by atoms with E-state index in [0.717, 1.165) is 0 Å². The standard InChI is InChI=1S/C11H19NO6P2/c1-3-17-19(13,14)12(20(15,16)18-4-2)10-11-8-6-5-7-9-11/h5-9H,3-4,10H2,1-2H3,(H,13,14)(H,15,16). The van der Waals surface area contributed by atoms with Crippen molar-refractivity contribution in [2.24, 2.45) is 0 Å². The molecule has 20 heavy (non-hydrogen) atoms. The molecule has 2 atom stereocenters. The van der Waals surface area contributed by atoms with Gasteiger partial charge in [-0.2, -0.15) is 0 Å². The predicted molar refractivity (Wildman–Crippen MR) is 74.9 cm³/mol. The number of hydrogen-bond donors (Lipinski definition) is 2. The van der Waals surface area contributed by atoms with Crippen LogP contribution >= 0.6 is 15.5 Å². The maximum absolute atomic E-state index is 12.1. The Bertz CT molecular complexity index is 483. The van der Waals surface area contributed by atoms with Gasteiger partial charge in [0.1, 0.15) is 0 Å². The van der Waals surface area contributed by atoms with Crippen molar-refractivity contribution in [3.05, 3.63) is 35.9 Å². The Morgan fingerprint density at radius 2 is 1.45 bits per heavy atom. The molecule has 114 valence electrons. The Labute approximate surface area is 118 Å². The summed E-state index contributed by atoms with van der Waals surface area (Å²) in [5.74, 6) is 0. The fraction of sp³-hybridized carbons (Fsp3) is 0.455. The third-order valence-electron chi connectivity index (χ3n) is 2.34.